The molecule has 0 aliphatic heterocycles. The van der Waals surface area contributed by atoms with Gasteiger partial charge in [-0.2, -0.15) is 0 Å². The first-order chi connectivity index (χ1) is 12.9. The molecular formula is C21H24O6. The first-order valence-corrected chi connectivity index (χ1v) is 8.88. The van der Waals surface area contributed by atoms with Crippen LogP contribution in [0.4, 0.5) is 0 Å². The third-order valence-corrected chi connectivity index (χ3v) is 4.04. The van der Waals surface area contributed by atoms with Crippen LogP contribution in [0.5, 0.6) is 17.2 Å². The van der Waals surface area contributed by atoms with E-state index < -0.39 is 5.97 Å². The van der Waals surface area contributed by atoms with Crippen LogP contribution in [0.1, 0.15) is 53.0 Å². The van der Waals surface area contributed by atoms with Crippen LogP contribution in [0.15, 0.2) is 36.4 Å². The number of ketones is 1. The Bertz CT molecular complexity index is 795. The SMILES string of the molecule is CCCc1c(OCCCOc2ccc(C(=O)O)cc2)ccc(C(C)=O)c1O. The zero-order valence-electron chi connectivity index (χ0n) is 15.5. The lowest BCUT2D eigenvalue weighted by atomic mass is 10.0. The van der Waals surface area contributed by atoms with E-state index in [1.807, 2.05) is 6.92 Å². The lowest BCUT2D eigenvalue weighted by Gasteiger charge is -2.15. The van der Waals surface area contributed by atoms with Gasteiger partial charge in [-0.05, 0) is 49.7 Å². The average Bonchev–Trinajstić information content (AvgIpc) is 2.64. The van der Waals surface area contributed by atoms with Crippen LogP contribution in [-0.2, 0) is 6.42 Å². The van der Waals surface area contributed by atoms with E-state index in [-0.39, 0.29) is 17.1 Å². The van der Waals surface area contributed by atoms with Gasteiger partial charge in [0.05, 0.1) is 24.3 Å². The lowest BCUT2D eigenvalue weighted by Crippen LogP contribution is -2.07. The van der Waals surface area contributed by atoms with Gasteiger partial charge in [-0.15, -0.1) is 0 Å². The van der Waals surface area contributed by atoms with Crippen molar-refractivity contribution >= 4 is 11.8 Å². The summed E-state index contributed by atoms with van der Waals surface area (Å²) < 4.78 is 11.3. The Balaban J connectivity index is 1.88. The van der Waals surface area contributed by atoms with Crippen molar-refractivity contribution in [3.63, 3.8) is 0 Å². The summed E-state index contributed by atoms with van der Waals surface area (Å²) in [5.74, 6) is 0.00695. The average molecular weight is 372 g/mol. The molecular weight excluding hydrogens is 348 g/mol. The van der Waals surface area contributed by atoms with Gasteiger partial charge in [-0.25, -0.2) is 4.79 Å². The van der Waals surface area contributed by atoms with Gasteiger partial charge in [-0.3, -0.25) is 4.79 Å². The molecule has 0 amide bonds. The molecule has 0 aliphatic carbocycles. The minimum atomic E-state index is -0.975. The minimum absolute atomic E-state index is 0.00313. The van der Waals surface area contributed by atoms with Gasteiger partial charge in [0, 0.05) is 12.0 Å². The van der Waals surface area contributed by atoms with Gasteiger partial charge >= 0.3 is 5.97 Å². The van der Waals surface area contributed by atoms with Crippen LogP contribution >= 0.6 is 0 Å². The van der Waals surface area contributed by atoms with Crippen molar-refractivity contribution in [1.82, 2.24) is 0 Å². The summed E-state index contributed by atoms with van der Waals surface area (Å²) in [6, 6.07) is 9.50. The second-order valence-electron chi connectivity index (χ2n) is 6.12. The third-order valence-electron chi connectivity index (χ3n) is 4.04. The first kappa shape index (κ1) is 20.3. The quantitative estimate of drug-likeness (QED) is 0.482. The summed E-state index contributed by atoms with van der Waals surface area (Å²) in [4.78, 5) is 22.4. The Hall–Kier alpha value is -3.02. The van der Waals surface area contributed by atoms with Crippen molar-refractivity contribution in [3.05, 3.63) is 53.1 Å². The molecule has 0 heterocycles. The Kier molecular flexibility index (Phi) is 7.23. The molecule has 27 heavy (non-hydrogen) atoms. The van der Waals surface area contributed by atoms with Crippen LogP contribution in [0, 0.1) is 0 Å². The number of carboxylic acid groups (broad SMARTS) is 1. The van der Waals surface area contributed by atoms with Gasteiger partial charge in [0.2, 0.25) is 0 Å². The number of rotatable bonds is 10. The van der Waals surface area contributed by atoms with Crippen LogP contribution in [0.2, 0.25) is 0 Å². The summed E-state index contributed by atoms with van der Waals surface area (Å²) in [7, 11) is 0. The summed E-state index contributed by atoms with van der Waals surface area (Å²) in [5, 5.41) is 19.2. The number of aromatic hydroxyl groups is 1. The largest absolute Gasteiger partial charge is 0.507 e. The molecule has 0 aromatic heterocycles. The summed E-state index contributed by atoms with van der Waals surface area (Å²) in [5.41, 5.74) is 1.16. The highest BCUT2D eigenvalue weighted by Crippen LogP contribution is 2.33. The maximum Gasteiger partial charge on any atom is 0.335 e. The molecule has 0 saturated heterocycles. The van der Waals surface area contributed by atoms with Crippen molar-refractivity contribution in [2.75, 3.05) is 13.2 Å². The zero-order valence-corrected chi connectivity index (χ0v) is 15.5. The molecule has 0 unspecified atom stereocenters. The number of aromatic carboxylic acids is 1. The maximum atomic E-state index is 11.6. The van der Waals surface area contributed by atoms with Crippen molar-refractivity contribution in [3.8, 4) is 17.2 Å². The molecule has 2 N–H and O–H groups in total. The second-order valence-corrected chi connectivity index (χ2v) is 6.12. The second kappa shape index (κ2) is 9.62. The van der Waals surface area contributed by atoms with E-state index in [1.54, 1.807) is 24.3 Å². The van der Waals surface area contributed by atoms with Crippen molar-refractivity contribution < 1.29 is 29.3 Å². The summed E-state index contributed by atoms with van der Waals surface area (Å²) in [6.07, 6.45) is 2.05. The van der Waals surface area contributed by atoms with E-state index in [4.69, 9.17) is 14.6 Å². The Morgan fingerprint density at radius 3 is 2.26 bits per heavy atom. The lowest BCUT2D eigenvalue weighted by molar-refractivity contribution is 0.0696. The zero-order chi connectivity index (χ0) is 19.8. The molecule has 2 aromatic rings. The fourth-order valence-corrected chi connectivity index (χ4v) is 2.65. The number of ether oxygens (including phenoxy) is 2. The third kappa shape index (κ3) is 5.48. The molecule has 0 fully saturated rings. The first-order valence-electron chi connectivity index (χ1n) is 8.88. The Morgan fingerprint density at radius 2 is 1.67 bits per heavy atom. The summed E-state index contributed by atoms with van der Waals surface area (Å²) in [6.45, 7) is 4.22. The fourth-order valence-electron chi connectivity index (χ4n) is 2.65. The molecule has 0 bridgehead atoms. The van der Waals surface area contributed by atoms with Gasteiger partial charge in [0.15, 0.2) is 5.78 Å². The summed E-state index contributed by atoms with van der Waals surface area (Å²) >= 11 is 0. The Labute approximate surface area is 158 Å². The molecule has 0 saturated carbocycles. The van der Waals surface area contributed by atoms with Gasteiger partial charge in [0.1, 0.15) is 17.2 Å². The monoisotopic (exact) mass is 372 g/mol. The van der Waals surface area contributed by atoms with E-state index >= 15 is 0 Å². The molecule has 0 atom stereocenters. The number of carbonyl (C=O) groups excluding carboxylic acids is 1. The molecule has 0 radical (unpaired) electrons. The molecule has 2 aromatic carbocycles. The highest BCUT2D eigenvalue weighted by Gasteiger charge is 2.15. The highest BCUT2D eigenvalue weighted by atomic mass is 16.5. The van der Waals surface area contributed by atoms with Crippen LogP contribution in [0.25, 0.3) is 0 Å². The number of carbonyl (C=O) groups is 2. The van der Waals surface area contributed by atoms with Crippen LogP contribution < -0.4 is 9.47 Å². The van der Waals surface area contributed by atoms with Gasteiger partial charge in [-0.1, -0.05) is 13.3 Å². The fraction of sp³-hybridized carbons (Fsp3) is 0.333. The van der Waals surface area contributed by atoms with Crippen molar-refractivity contribution in [2.24, 2.45) is 0 Å². The molecule has 0 aliphatic rings. The molecule has 6 heteroatoms. The number of phenolic OH excluding ortho intramolecular Hbond substituents is 1. The molecule has 0 spiro atoms. The van der Waals surface area contributed by atoms with E-state index in [0.29, 0.717) is 48.7 Å². The van der Waals surface area contributed by atoms with Crippen molar-refractivity contribution in [2.45, 2.75) is 33.1 Å². The topological polar surface area (TPSA) is 93.1 Å². The number of carboxylic acids is 1. The van der Waals surface area contributed by atoms with Gasteiger partial charge < -0.3 is 19.7 Å². The van der Waals surface area contributed by atoms with Crippen molar-refractivity contribution in [1.29, 1.82) is 0 Å². The van der Waals surface area contributed by atoms with Crippen LogP contribution in [0.3, 0.4) is 0 Å². The number of hydrogen-bond acceptors (Lipinski definition) is 5. The maximum absolute atomic E-state index is 11.6. The number of phenols is 1. The number of hydrogen-bond donors (Lipinski definition) is 2. The molecule has 2 rings (SSSR count). The smallest absolute Gasteiger partial charge is 0.335 e. The molecule has 6 nitrogen and oxygen atoms in total. The standard InChI is InChI=1S/C21H24O6/c1-3-5-18-19(11-10-17(14(2)22)20(18)23)27-13-4-12-26-16-8-6-15(7-9-16)21(24)25/h6-11,23H,3-5,12-13H2,1-2H3,(H,24,25). The predicted octanol–water partition coefficient (Wildman–Crippen LogP) is 4.09. The predicted molar refractivity (Wildman–Crippen MR) is 101 cm³/mol. The highest BCUT2D eigenvalue weighted by molar-refractivity contribution is 5.97. The van der Waals surface area contributed by atoms with E-state index in [1.165, 1.54) is 19.1 Å². The Morgan fingerprint density at radius 1 is 1.00 bits per heavy atom. The number of Topliss-reactive ketones (excluding diaryl/α,β-unsaturated/α-hetero) is 1. The van der Waals surface area contributed by atoms with E-state index in [9.17, 15) is 14.7 Å². The van der Waals surface area contributed by atoms with Gasteiger partial charge in [0.25, 0.3) is 0 Å². The van der Waals surface area contributed by atoms with E-state index in [2.05, 4.69) is 0 Å². The molecule has 144 valence electrons. The minimum Gasteiger partial charge on any atom is -0.507 e. The van der Waals surface area contributed by atoms with Crippen LogP contribution in [-0.4, -0.2) is 35.2 Å². The van der Waals surface area contributed by atoms with E-state index in [0.717, 1.165) is 6.42 Å². The normalized spacial score (nSPS) is 10.4. The number of benzene rings is 2.